The Morgan fingerprint density at radius 3 is 2.89 bits per heavy atom. The Kier molecular flexibility index (Phi) is 5.60. The maximum Gasteiger partial charge on any atom is 0.0914 e. The Bertz CT molecular complexity index is 138. The summed E-state index contributed by atoms with van der Waals surface area (Å²) in [5, 5.41) is 2.92. The lowest BCUT2D eigenvalue weighted by molar-refractivity contribution is 1.08. The van der Waals surface area contributed by atoms with Crippen LogP contribution in [0.3, 0.4) is 0 Å². The van der Waals surface area contributed by atoms with Crippen LogP contribution >= 0.6 is 22.6 Å². The normalized spacial score (nSPS) is 12.0. The molecule has 0 fully saturated rings. The van der Waals surface area contributed by atoms with Gasteiger partial charge in [-0.25, -0.2) is 0 Å². The standard InChI is InChI=1S/C6H9IN2/c1-3-4-9-5-6(7)8-2/h3-5,8H,1H2,2H3/b6-5-,9-4?. The van der Waals surface area contributed by atoms with Crippen molar-refractivity contribution in [3.05, 3.63) is 22.6 Å². The molecule has 9 heavy (non-hydrogen) atoms. The lowest BCUT2D eigenvalue weighted by Gasteiger charge is -1.89. The summed E-state index contributed by atoms with van der Waals surface area (Å²) in [5.41, 5.74) is 0. The predicted molar refractivity (Wildman–Crippen MR) is 49.9 cm³/mol. The van der Waals surface area contributed by atoms with Gasteiger partial charge in [-0.05, 0) is 22.6 Å². The molecule has 0 aromatic rings. The molecular weight excluding hydrogens is 227 g/mol. The van der Waals surface area contributed by atoms with Crippen LogP contribution < -0.4 is 5.32 Å². The summed E-state index contributed by atoms with van der Waals surface area (Å²) in [6, 6.07) is 0. The number of hydrogen-bond acceptors (Lipinski definition) is 2. The lowest BCUT2D eigenvalue weighted by Crippen LogP contribution is -1.97. The van der Waals surface area contributed by atoms with Gasteiger partial charge in [0.05, 0.1) is 9.90 Å². The van der Waals surface area contributed by atoms with Crippen molar-refractivity contribution < 1.29 is 0 Å². The third kappa shape index (κ3) is 5.55. The minimum absolute atomic E-state index is 1.01. The van der Waals surface area contributed by atoms with Crippen molar-refractivity contribution in [2.75, 3.05) is 7.05 Å². The van der Waals surface area contributed by atoms with E-state index in [1.807, 2.05) is 7.05 Å². The first kappa shape index (κ1) is 8.68. The zero-order valence-electron chi connectivity index (χ0n) is 5.26. The molecule has 0 saturated heterocycles. The first-order valence-electron chi connectivity index (χ1n) is 2.49. The van der Waals surface area contributed by atoms with Gasteiger partial charge in [0.25, 0.3) is 0 Å². The zero-order valence-corrected chi connectivity index (χ0v) is 7.42. The molecule has 0 atom stereocenters. The maximum atomic E-state index is 3.89. The molecule has 0 unspecified atom stereocenters. The number of aliphatic imine (C=N–C) groups is 1. The molecule has 0 radical (unpaired) electrons. The summed E-state index contributed by atoms with van der Waals surface area (Å²) in [7, 11) is 1.85. The fourth-order valence-corrected chi connectivity index (χ4v) is 0.395. The van der Waals surface area contributed by atoms with Gasteiger partial charge >= 0.3 is 0 Å². The Labute approximate surface area is 68.9 Å². The Hall–Kier alpha value is -0.320. The average Bonchev–Trinajstić information content (AvgIpc) is 1.89. The fraction of sp³-hybridized carbons (Fsp3) is 0.167. The van der Waals surface area contributed by atoms with Gasteiger partial charge in [0.2, 0.25) is 0 Å². The number of rotatable bonds is 3. The van der Waals surface area contributed by atoms with Crippen molar-refractivity contribution in [2.24, 2.45) is 4.99 Å². The number of allylic oxidation sites excluding steroid dienone is 1. The molecule has 0 aromatic carbocycles. The van der Waals surface area contributed by atoms with Crippen molar-refractivity contribution in [3.63, 3.8) is 0 Å². The molecule has 50 valence electrons. The van der Waals surface area contributed by atoms with E-state index in [1.165, 1.54) is 0 Å². The number of nitrogens with zero attached hydrogens (tertiary/aromatic N) is 1. The van der Waals surface area contributed by atoms with Crippen LogP contribution in [-0.2, 0) is 0 Å². The molecule has 1 N–H and O–H groups in total. The van der Waals surface area contributed by atoms with E-state index in [4.69, 9.17) is 0 Å². The minimum atomic E-state index is 1.01. The van der Waals surface area contributed by atoms with Crippen LogP contribution in [-0.4, -0.2) is 13.3 Å². The van der Waals surface area contributed by atoms with E-state index < -0.39 is 0 Å². The predicted octanol–water partition coefficient (Wildman–Crippen LogP) is 1.70. The number of nitrogens with one attached hydrogen (secondary N) is 1. The summed E-state index contributed by atoms with van der Waals surface area (Å²) < 4.78 is 1.01. The van der Waals surface area contributed by atoms with Crippen molar-refractivity contribution in [3.8, 4) is 0 Å². The number of hydrogen-bond donors (Lipinski definition) is 1. The molecule has 0 bridgehead atoms. The molecule has 0 saturated carbocycles. The molecule has 0 spiro atoms. The Morgan fingerprint density at radius 2 is 2.44 bits per heavy atom. The molecule has 0 aliphatic carbocycles. The first-order chi connectivity index (χ1) is 4.31. The molecule has 0 amide bonds. The van der Waals surface area contributed by atoms with Gasteiger partial charge in [0.15, 0.2) is 0 Å². The summed E-state index contributed by atoms with van der Waals surface area (Å²) in [6.45, 7) is 3.48. The van der Waals surface area contributed by atoms with Gasteiger partial charge in [-0.3, -0.25) is 4.99 Å². The SMILES string of the molecule is C=CC=N/C=C(/I)NC. The van der Waals surface area contributed by atoms with E-state index in [2.05, 4.69) is 39.5 Å². The third-order valence-corrected chi connectivity index (χ3v) is 1.44. The smallest absolute Gasteiger partial charge is 0.0914 e. The molecule has 0 rings (SSSR count). The molecule has 0 heterocycles. The Morgan fingerprint density at radius 1 is 1.78 bits per heavy atom. The first-order valence-corrected chi connectivity index (χ1v) is 3.56. The van der Waals surface area contributed by atoms with Gasteiger partial charge in [0.1, 0.15) is 0 Å². The summed E-state index contributed by atoms with van der Waals surface area (Å²) in [5.74, 6) is 0. The third-order valence-electron chi connectivity index (χ3n) is 0.618. The van der Waals surface area contributed by atoms with Crippen molar-refractivity contribution in [1.29, 1.82) is 0 Å². The zero-order chi connectivity index (χ0) is 7.11. The highest BCUT2D eigenvalue weighted by Gasteiger charge is 1.76. The molecule has 3 heteroatoms. The molecule has 0 aliphatic rings. The quantitative estimate of drug-likeness (QED) is 0.450. The van der Waals surface area contributed by atoms with Gasteiger partial charge in [-0.1, -0.05) is 12.7 Å². The van der Waals surface area contributed by atoms with Crippen LogP contribution in [0.5, 0.6) is 0 Å². The Balaban J connectivity index is 3.67. The van der Waals surface area contributed by atoms with Crippen LogP contribution in [0.15, 0.2) is 27.6 Å². The second-order valence-electron chi connectivity index (χ2n) is 1.26. The number of halogens is 1. The lowest BCUT2D eigenvalue weighted by atomic mass is 10.7. The average molecular weight is 236 g/mol. The van der Waals surface area contributed by atoms with Crippen molar-refractivity contribution >= 4 is 28.8 Å². The second-order valence-corrected chi connectivity index (χ2v) is 2.42. The van der Waals surface area contributed by atoms with E-state index in [9.17, 15) is 0 Å². The monoisotopic (exact) mass is 236 g/mol. The maximum absolute atomic E-state index is 3.89. The van der Waals surface area contributed by atoms with Gasteiger partial charge < -0.3 is 5.32 Å². The van der Waals surface area contributed by atoms with Crippen LogP contribution in [0.25, 0.3) is 0 Å². The summed E-state index contributed by atoms with van der Waals surface area (Å²) in [4.78, 5) is 3.89. The van der Waals surface area contributed by atoms with E-state index in [0.717, 1.165) is 3.70 Å². The van der Waals surface area contributed by atoms with Crippen LogP contribution in [0.4, 0.5) is 0 Å². The molecule has 0 aliphatic heterocycles. The molecule has 0 aromatic heterocycles. The fourth-order valence-electron chi connectivity index (χ4n) is 0.234. The minimum Gasteiger partial charge on any atom is -0.382 e. The van der Waals surface area contributed by atoms with Crippen molar-refractivity contribution in [2.45, 2.75) is 0 Å². The second kappa shape index (κ2) is 5.81. The van der Waals surface area contributed by atoms with Crippen LogP contribution in [0.1, 0.15) is 0 Å². The van der Waals surface area contributed by atoms with Crippen LogP contribution in [0.2, 0.25) is 0 Å². The summed E-state index contributed by atoms with van der Waals surface area (Å²) in [6.07, 6.45) is 4.99. The topological polar surface area (TPSA) is 24.4 Å². The molecular formula is C6H9IN2. The van der Waals surface area contributed by atoms with E-state index in [1.54, 1.807) is 18.5 Å². The summed E-state index contributed by atoms with van der Waals surface area (Å²) >= 11 is 2.15. The van der Waals surface area contributed by atoms with Gasteiger partial charge in [0, 0.05) is 13.3 Å². The van der Waals surface area contributed by atoms with E-state index in [0.29, 0.717) is 0 Å². The highest BCUT2D eigenvalue weighted by molar-refractivity contribution is 14.1. The largest absolute Gasteiger partial charge is 0.382 e. The van der Waals surface area contributed by atoms with E-state index >= 15 is 0 Å². The highest BCUT2D eigenvalue weighted by atomic mass is 127. The highest BCUT2D eigenvalue weighted by Crippen LogP contribution is 1.97. The van der Waals surface area contributed by atoms with Gasteiger partial charge in [-0.2, -0.15) is 0 Å². The molecule has 2 nitrogen and oxygen atoms in total. The van der Waals surface area contributed by atoms with E-state index in [-0.39, 0.29) is 0 Å². The van der Waals surface area contributed by atoms with Crippen LogP contribution in [0, 0.1) is 0 Å². The van der Waals surface area contributed by atoms with Gasteiger partial charge in [-0.15, -0.1) is 0 Å². The van der Waals surface area contributed by atoms with Crippen molar-refractivity contribution in [1.82, 2.24) is 5.32 Å².